The lowest BCUT2D eigenvalue weighted by molar-refractivity contribution is -0.147. The van der Waals surface area contributed by atoms with Crippen molar-refractivity contribution in [1.82, 2.24) is 10.2 Å². The Bertz CT molecular complexity index is 323. The number of hydrogen-bond acceptors (Lipinski definition) is 4. The van der Waals surface area contributed by atoms with E-state index in [9.17, 15) is 9.90 Å². The van der Waals surface area contributed by atoms with Crippen molar-refractivity contribution in [2.75, 3.05) is 33.4 Å². The van der Waals surface area contributed by atoms with Gasteiger partial charge in [0.25, 0.3) is 0 Å². The number of likely N-dealkylation sites (N-methyl/N-ethyl adjacent to an activating group) is 1. The molecular weight excluding hydrogens is 268 g/mol. The van der Waals surface area contributed by atoms with Gasteiger partial charge in [-0.25, -0.2) is 0 Å². The number of carboxylic acid groups (broad SMARTS) is 1. The van der Waals surface area contributed by atoms with Crippen molar-refractivity contribution in [1.29, 1.82) is 0 Å². The van der Waals surface area contributed by atoms with Gasteiger partial charge in [0.05, 0.1) is 6.61 Å². The zero-order valence-corrected chi connectivity index (χ0v) is 14.0. The Morgan fingerprint density at radius 3 is 2.71 bits per heavy atom. The lowest BCUT2D eigenvalue weighted by Crippen LogP contribution is -2.57. The van der Waals surface area contributed by atoms with Crippen LogP contribution in [0.3, 0.4) is 0 Å². The standard InChI is InChI=1S/C16H32N2O3/c1-5-18(11-12-21-4)10-8-14-7-6-9-16(14,15(19)20)17-13(2)3/h13-14,17H,5-12H2,1-4H3,(H,19,20). The van der Waals surface area contributed by atoms with Crippen LogP contribution >= 0.6 is 0 Å². The predicted molar refractivity (Wildman–Crippen MR) is 84.6 cm³/mol. The van der Waals surface area contributed by atoms with Crippen molar-refractivity contribution in [2.45, 2.75) is 58.0 Å². The molecule has 124 valence electrons. The highest BCUT2D eigenvalue weighted by Gasteiger charge is 2.48. The summed E-state index contributed by atoms with van der Waals surface area (Å²) < 4.78 is 5.13. The van der Waals surface area contributed by atoms with E-state index in [2.05, 4.69) is 17.1 Å². The Hall–Kier alpha value is -0.650. The van der Waals surface area contributed by atoms with E-state index in [1.165, 1.54) is 0 Å². The fourth-order valence-corrected chi connectivity index (χ4v) is 3.50. The molecule has 0 aromatic heterocycles. The lowest BCUT2D eigenvalue weighted by Gasteiger charge is -2.35. The van der Waals surface area contributed by atoms with Gasteiger partial charge in [-0.2, -0.15) is 0 Å². The summed E-state index contributed by atoms with van der Waals surface area (Å²) in [6, 6.07) is 0.192. The molecule has 5 heteroatoms. The molecule has 2 unspecified atom stereocenters. The molecule has 0 amide bonds. The van der Waals surface area contributed by atoms with Crippen molar-refractivity contribution in [2.24, 2.45) is 5.92 Å². The Labute approximate surface area is 129 Å². The van der Waals surface area contributed by atoms with Gasteiger partial charge in [0, 0.05) is 19.7 Å². The number of carboxylic acids is 1. The molecule has 2 N–H and O–H groups in total. The van der Waals surface area contributed by atoms with Crippen molar-refractivity contribution in [3.63, 3.8) is 0 Å². The van der Waals surface area contributed by atoms with Crippen molar-refractivity contribution >= 4 is 5.97 Å². The van der Waals surface area contributed by atoms with Crippen LogP contribution in [0.1, 0.15) is 46.5 Å². The van der Waals surface area contributed by atoms with Gasteiger partial charge in [-0.05, 0) is 52.1 Å². The third kappa shape index (κ3) is 4.94. The predicted octanol–water partition coefficient (Wildman–Crippen LogP) is 1.97. The summed E-state index contributed by atoms with van der Waals surface area (Å²) in [5.74, 6) is -0.465. The van der Waals surface area contributed by atoms with Crippen LogP contribution in [0, 0.1) is 5.92 Å². The number of aliphatic carboxylic acids is 1. The molecule has 1 aliphatic rings. The summed E-state index contributed by atoms with van der Waals surface area (Å²) in [6.45, 7) is 9.76. The maximum atomic E-state index is 11.9. The molecule has 1 saturated carbocycles. The fraction of sp³-hybridized carbons (Fsp3) is 0.938. The van der Waals surface area contributed by atoms with Gasteiger partial charge in [-0.3, -0.25) is 10.1 Å². The third-order valence-electron chi connectivity index (χ3n) is 4.60. The minimum absolute atomic E-state index is 0.192. The van der Waals surface area contributed by atoms with Crippen molar-refractivity contribution in [3.05, 3.63) is 0 Å². The molecule has 0 aliphatic heterocycles. The summed E-state index contributed by atoms with van der Waals surface area (Å²) >= 11 is 0. The molecule has 0 aromatic rings. The fourth-order valence-electron chi connectivity index (χ4n) is 3.50. The highest BCUT2D eigenvalue weighted by Crippen LogP contribution is 2.38. The summed E-state index contributed by atoms with van der Waals surface area (Å²) in [5, 5.41) is 13.1. The zero-order chi connectivity index (χ0) is 15.9. The Kier molecular flexibility index (Phi) is 7.63. The van der Waals surface area contributed by atoms with Gasteiger partial charge in [0.2, 0.25) is 0 Å². The smallest absolute Gasteiger partial charge is 0.324 e. The second-order valence-electron chi connectivity index (χ2n) is 6.38. The first-order valence-corrected chi connectivity index (χ1v) is 8.18. The number of hydrogen-bond donors (Lipinski definition) is 2. The number of nitrogens with one attached hydrogen (secondary N) is 1. The topological polar surface area (TPSA) is 61.8 Å². The highest BCUT2D eigenvalue weighted by atomic mass is 16.5. The van der Waals surface area contributed by atoms with E-state index in [1.54, 1.807) is 7.11 Å². The Morgan fingerprint density at radius 2 is 2.19 bits per heavy atom. The number of nitrogens with zero attached hydrogens (tertiary/aromatic N) is 1. The van der Waals surface area contributed by atoms with Crippen LogP contribution in [-0.4, -0.2) is 60.9 Å². The number of ether oxygens (including phenoxy) is 1. The number of methoxy groups -OCH3 is 1. The summed E-state index contributed by atoms with van der Waals surface area (Å²) in [6.07, 6.45) is 3.69. The average molecular weight is 300 g/mol. The SMILES string of the molecule is CCN(CCOC)CCC1CCCC1(NC(C)C)C(=O)O. The minimum Gasteiger partial charge on any atom is -0.480 e. The minimum atomic E-state index is -0.727. The highest BCUT2D eigenvalue weighted by molar-refractivity contribution is 5.79. The van der Waals surface area contributed by atoms with Gasteiger partial charge < -0.3 is 14.7 Å². The second-order valence-corrected chi connectivity index (χ2v) is 6.38. The van der Waals surface area contributed by atoms with Gasteiger partial charge >= 0.3 is 5.97 Å². The molecule has 0 heterocycles. The summed E-state index contributed by atoms with van der Waals surface area (Å²) in [7, 11) is 1.72. The van der Waals surface area contributed by atoms with Gasteiger partial charge in [-0.1, -0.05) is 13.3 Å². The largest absolute Gasteiger partial charge is 0.480 e. The molecule has 0 spiro atoms. The van der Waals surface area contributed by atoms with Crippen molar-refractivity contribution < 1.29 is 14.6 Å². The molecule has 2 atom stereocenters. The zero-order valence-electron chi connectivity index (χ0n) is 14.0. The molecular formula is C16H32N2O3. The van der Waals surface area contributed by atoms with Crippen LogP contribution < -0.4 is 5.32 Å². The second kappa shape index (κ2) is 8.71. The molecule has 5 nitrogen and oxygen atoms in total. The molecule has 0 radical (unpaired) electrons. The summed E-state index contributed by atoms with van der Waals surface area (Å²) in [5.41, 5.74) is -0.727. The van der Waals surface area contributed by atoms with Gasteiger partial charge in [-0.15, -0.1) is 0 Å². The van der Waals surface area contributed by atoms with Gasteiger partial charge in [0.15, 0.2) is 0 Å². The molecule has 1 aliphatic carbocycles. The van der Waals surface area contributed by atoms with Crippen LogP contribution in [0.4, 0.5) is 0 Å². The molecule has 21 heavy (non-hydrogen) atoms. The lowest BCUT2D eigenvalue weighted by atomic mass is 9.83. The first-order valence-electron chi connectivity index (χ1n) is 8.18. The average Bonchev–Trinajstić information content (AvgIpc) is 2.82. The van der Waals surface area contributed by atoms with Crippen molar-refractivity contribution in [3.8, 4) is 0 Å². The normalized spacial score (nSPS) is 25.9. The van der Waals surface area contributed by atoms with E-state index in [0.29, 0.717) is 0 Å². The van der Waals surface area contributed by atoms with E-state index in [4.69, 9.17) is 4.74 Å². The van der Waals surface area contributed by atoms with E-state index in [0.717, 1.165) is 51.9 Å². The number of rotatable bonds is 10. The third-order valence-corrected chi connectivity index (χ3v) is 4.60. The Morgan fingerprint density at radius 1 is 1.48 bits per heavy atom. The maximum Gasteiger partial charge on any atom is 0.324 e. The van der Waals surface area contributed by atoms with E-state index >= 15 is 0 Å². The molecule has 0 bridgehead atoms. The Balaban J connectivity index is 2.64. The first kappa shape index (κ1) is 18.4. The van der Waals surface area contributed by atoms with Crippen LogP contribution in [0.5, 0.6) is 0 Å². The molecule has 1 rings (SSSR count). The molecule has 0 saturated heterocycles. The van der Waals surface area contributed by atoms with E-state index in [1.807, 2.05) is 13.8 Å². The van der Waals surface area contributed by atoms with Crippen LogP contribution in [-0.2, 0) is 9.53 Å². The van der Waals surface area contributed by atoms with Crippen LogP contribution in [0.2, 0.25) is 0 Å². The van der Waals surface area contributed by atoms with Crippen LogP contribution in [0.25, 0.3) is 0 Å². The monoisotopic (exact) mass is 300 g/mol. The van der Waals surface area contributed by atoms with E-state index in [-0.39, 0.29) is 12.0 Å². The number of carbonyl (C=O) groups is 1. The first-order chi connectivity index (χ1) is 9.96. The molecule has 1 fully saturated rings. The van der Waals surface area contributed by atoms with Gasteiger partial charge in [0.1, 0.15) is 5.54 Å². The maximum absolute atomic E-state index is 11.9. The molecule has 0 aromatic carbocycles. The quantitative estimate of drug-likeness (QED) is 0.646. The van der Waals surface area contributed by atoms with Crippen LogP contribution in [0.15, 0.2) is 0 Å². The summed E-state index contributed by atoms with van der Waals surface area (Å²) in [4.78, 5) is 14.2. The van der Waals surface area contributed by atoms with E-state index < -0.39 is 11.5 Å².